The summed E-state index contributed by atoms with van der Waals surface area (Å²) in [5, 5.41) is 17.2. The van der Waals surface area contributed by atoms with Gasteiger partial charge >= 0.3 is 0 Å². The molecule has 340 valence electrons. The van der Waals surface area contributed by atoms with E-state index in [2.05, 4.69) is 206 Å². The molecule has 7 unspecified atom stereocenters. The topological polar surface area (TPSA) is 62.0 Å². The highest BCUT2D eigenvalue weighted by Crippen LogP contribution is 2.76. The molecule has 5 nitrogen and oxygen atoms in total. The highest BCUT2D eigenvalue weighted by atomic mass is 16.3. The summed E-state index contributed by atoms with van der Waals surface area (Å²) in [6, 6.07) is 63.3. The number of ketones is 2. The number of aliphatic hydroxyl groups is 1. The first-order valence-electron chi connectivity index (χ1n) is 25.6. The van der Waals surface area contributed by atoms with E-state index in [1.165, 1.54) is 38.9 Å². The molecule has 0 saturated carbocycles. The number of aromatic nitrogens is 1. The third kappa shape index (κ3) is 3.89. The van der Waals surface area contributed by atoms with E-state index in [1.807, 2.05) is 0 Å². The van der Waals surface area contributed by atoms with Gasteiger partial charge in [-0.2, -0.15) is 0 Å². The van der Waals surface area contributed by atoms with Crippen LogP contribution in [-0.4, -0.2) is 21.1 Å². The number of carbonyl (C=O) groups is 2. The number of carbonyl (C=O) groups excluding carboxylic acids is 2. The molecule has 1 N–H and O–H groups in total. The molecule has 0 radical (unpaired) electrons. The van der Waals surface area contributed by atoms with Gasteiger partial charge < -0.3 is 14.4 Å². The fourth-order valence-electron chi connectivity index (χ4n) is 16.5. The van der Waals surface area contributed by atoms with Crippen LogP contribution in [0.4, 0.5) is 17.1 Å². The quantitative estimate of drug-likeness (QED) is 0.178. The van der Waals surface area contributed by atoms with Crippen molar-refractivity contribution in [3.05, 3.63) is 259 Å². The first-order chi connectivity index (χ1) is 35.1. The number of Topliss-reactive ketones (excluding diaryl/α,β-unsaturated/α-hetero) is 2. The van der Waals surface area contributed by atoms with Crippen molar-refractivity contribution in [1.29, 1.82) is 0 Å². The Bertz CT molecular complexity index is 4440. The zero-order chi connectivity index (χ0) is 47.6. The van der Waals surface area contributed by atoms with Crippen LogP contribution in [0.3, 0.4) is 0 Å². The number of hydrogen-bond acceptors (Lipinski definition) is 4. The molecule has 0 fully saturated rings. The largest absolute Gasteiger partial charge is 0.383 e. The molecule has 0 bridgehead atoms. The minimum atomic E-state index is -0.923. The van der Waals surface area contributed by atoms with E-state index < -0.39 is 16.9 Å². The molecule has 18 rings (SSSR count). The number of nitrogens with zero attached hydrogens (tertiary/aromatic N) is 2. The van der Waals surface area contributed by atoms with Gasteiger partial charge in [0.2, 0.25) is 0 Å². The minimum absolute atomic E-state index is 0.00448. The van der Waals surface area contributed by atoms with Gasteiger partial charge in [0, 0.05) is 72.2 Å². The summed E-state index contributed by atoms with van der Waals surface area (Å²) in [6.45, 7) is 6.73. The van der Waals surface area contributed by atoms with Crippen molar-refractivity contribution in [3.63, 3.8) is 0 Å². The van der Waals surface area contributed by atoms with Gasteiger partial charge in [-0.15, -0.1) is 0 Å². The van der Waals surface area contributed by atoms with Crippen molar-refractivity contribution in [1.82, 2.24) is 4.40 Å². The van der Waals surface area contributed by atoms with Crippen LogP contribution in [0.25, 0.3) is 38.1 Å². The molecular formula is C67H44N2O3. The molecule has 72 heavy (non-hydrogen) atoms. The Labute approximate surface area is 414 Å². The Hall–Kier alpha value is -8.12. The fourth-order valence-corrected chi connectivity index (χ4v) is 16.5. The number of anilines is 3. The average Bonchev–Trinajstić information content (AvgIpc) is 3.87. The number of aliphatic hydroxyl groups excluding tert-OH is 1. The van der Waals surface area contributed by atoms with E-state index in [4.69, 9.17) is 0 Å². The third-order valence-corrected chi connectivity index (χ3v) is 19.2. The van der Waals surface area contributed by atoms with Gasteiger partial charge in [-0.05, 0) is 115 Å². The maximum Gasteiger partial charge on any atom is 0.171 e. The maximum atomic E-state index is 15.6. The summed E-state index contributed by atoms with van der Waals surface area (Å²) in [7, 11) is 0. The van der Waals surface area contributed by atoms with Crippen LogP contribution in [0.15, 0.2) is 176 Å². The molecule has 2 spiro atoms. The molecule has 9 aromatic carbocycles. The van der Waals surface area contributed by atoms with E-state index >= 15 is 9.59 Å². The van der Waals surface area contributed by atoms with Gasteiger partial charge in [-0.25, -0.2) is 0 Å². The van der Waals surface area contributed by atoms with Gasteiger partial charge in [0.1, 0.15) is 6.10 Å². The second-order valence-electron chi connectivity index (χ2n) is 23.0. The molecule has 7 atom stereocenters. The minimum Gasteiger partial charge on any atom is -0.383 e. The summed E-state index contributed by atoms with van der Waals surface area (Å²) in [5.41, 5.74) is 21.4. The maximum absolute atomic E-state index is 15.6. The second kappa shape index (κ2) is 12.1. The highest BCUT2D eigenvalue weighted by Gasteiger charge is 2.71. The molecule has 0 amide bonds. The molecular weight excluding hydrogens is 881 g/mol. The van der Waals surface area contributed by atoms with Crippen molar-refractivity contribution in [2.75, 3.05) is 4.90 Å². The summed E-state index contributed by atoms with van der Waals surface area (Å²) in [4.78, 5) is 33.5. The van der Waals surface area contributed by atoms with E-state index in [0.717, 1.165) is 99.7 Å². The summed E-state index contributed by atoms with van der Waals surface area (Å²) in [6.07, 6.45) is -0.923. The lowest BCUT2D eigenvalue weighted by atomic mass is 9.36. The lowest BCUT2D eigenvalue weighted by molar-refractivity contribution is 0.0839. The number of benzene rings is 9. The molecule has 5 heteroatoms. The lowest BCUT2D eigenvalue weighted by Crippen LogP contribution is -2.61. The predicted molar refractivity (Wildman–Crippen MR) is 284 cm³/mol. The van der Waals surface area contributed by atoms with Crippen molar-refractivity contribution >= 4 is 66.7 Å². The molecule has 11 aromatic rings. The van der Waals surface area contributed by atoms with E-state index in [9.17, 15) is 5.11 Å². The van der Waals surface area contributed by atoms with Crippen LogP contribution < -0.4 is 4.90 Å². The Morgan fingerprint density at radius 1 is 0.458 bits per heavy atom. The molecule has 3 heterocycles. The van der Waals surface area contributed by atoms with E-state index in [-0.39, 0.29) is 40.7 Å². The van der Waals surface area contributed by atoms with Gasteiger partial charge in [-0.1, -0.05) is 148 Å². The standard InChI is InChI=1S/C67H44N2O3/c1-65(2,3)33-25-26-39-52(27-33)68(34-15-5-4-6-16-34)61-47(62(39)70)30-43-40-28-41-44(63(71)58-37-19-9-13-23-50(37)66(58)48-21-11-7-17-35(48)56(41)66)31-53(40)69-54-32-45-42(29-46(54)55(61)60(43)69)57-36-18-8-12-22-49(36)67(57)51-24-14-10-20-38(51)59(67)64(45)72/h4-32,56-59,62,70H,1-3H3. The fraction of sp³-hybridized carbons (Fsp3) is 0.164. The first-order valence-corrected chi connectivity index (χ1v) is 25.6. The number of rotatable bonds is 1. The molecule has 6 aliphatic carbocycles. The van der Waals surface area contributed by atoms with Crippen LogP contribution in [0.5, 0.6) is 0 Å². The number of fused-ring (bicyclic) bond motifs is 21. The molecule has 1 aliphatic heterocycles. The van der Waals surface area contributed by atoms with E-state index in [1.54, 1.807) is 0 Å². The SMILES string of the molecule is CC(C)(C)c1ccc2c(c1)N(c1ccccc1)c1c(cc3c4cc5c(cc4n4c6cc7c(cc6c1c34)C1c3ccccc3C13c1ccccc1C3C7=O)C(=O)C1c3ccccc3C13c1ccccc1C53)C2O. The van der Waals surface area contributed by atoms with Gasteiger partial charge in [0.05, 0.1) is 39.8 Å². The smallest absolute Gasteiger partial charge is 0.171 e. The van der Waals surface area contributed by atoms with Gasteiger partial charge in [-0.3, -0.25) is 9.59 Å². The predicted octanol–water partition coefficient (Wildman–Crippen LogP) is 14.4. The molecule has 2 aromatic heterocycles. The van der Waals surface area contributed by atoms with E-state index in [0.29, 0.717) is 0 Å². The van der Waals surface area contributed by atoms with Crippen molar-refractivity contribution in [3.8, 4) is 0 Å². The van der Waals surface area contributed by atoms with Crippen LogP contribution in [0.2, 0.25) is 0 Å². The second-order valence-corrected chi connectivity index (χ2v) is 23.0. The Morgan fingerprint density at radius 2 is 0.931 bits per heavy atom. The van der Waals surface area contributed by atoms with Crippen molar-refractivity contribution < 1.29 is 14.7 Å². The van der Waals surface area contributed by atoms with Gasteiger partial charge in [0.25, 0.3) is 0 Å². The Morgan fingerprint density at radius 3 is 1.47 bits per heavy atom. The Kier molecular flexibility index (Phi) is 6.51. The zero-order valence-electron chi connectivity index (χ0n) is 39.8. The number of para-hydroxylation sites is 1. The normalized spacial score (nSPS) is 24.9. The summed E-state index contributed by atoms with van der Waals surface area (Å²) in [5.74, 6) is -0.153. The zero-order valence-corrected chi connectivity index (χ0v) is 39.8. The van der Waals surface area contributed by atoms with Crippen molar-refractivity contribution in [2.45, 2.75) is 66.8 Å². The Balaban J connectivity index is 0.991. The average molecular weight is 925 g/mol. The highest BCUT2D eigenvalue weighted by molar-refractivity contribution is 6.30. The molecule has 0 saturated heterocycles. The first kappa shape index (κ1) is 38.6. The summed E-state index contributed by atoms with van der Waals surface area (Å²) >= 11 is 0. The van der Waals surface area contributed by atoms with Gasteiger partial charge in [0.15, 0.2) is 11.6 Å². The van der Waals surface area contributed by atoms with Crippen LogP contribution in [0, 0.1) is 0 Å². The monoisotopic (exact) mass is 924 g/mol. The van der Waals surface area contributed by atoms with Crippen molar-refractivity contribution in [2.24, 2.45) is 0 Å². The van der Waals surface area contributed by atoms with Crippen LogP contribution in [0.1, 0.15) is 144 Å². The third-order valence-electron chi connectivity index (χ3n) is 19.2. The van der Waals surface area contributed by atoms with Crippen LogP contribution in [-0.2, 0) is 16.2 Å². The summed E-state index contributed by atoms with van der Waals surface area (Å²) < 4.78 is 2.38. The molecule has 7 aliphatic rings. The lowest BCUT2D eigenvalue weighted by Gasteiger charge is -2.64. The number of hydrogen-bond donors (Lipinski definition) is 1. The van der Waals surface area contributed by atoms with Crippen LogP contribution >= 0.6 is 0 Å².